The summed E-state index contributed by atoms with van der Waals surface area (Å²) in [7, 11) is 0. The first kappa shape index (κ1) is 77.8. The lowest BCUT2D eigenvalue weighted by atomic mass is 10.0. The van der Waals surface area contributed by atoms with Crippen molar-refractivity contribution in [2.75, 3.05) is 13.2 Å². The van der Waals surface area contributed by atoms with Crippen molar-refractivity contribution in [2.24, 2.45) is 0 Å². The van der Waals surface area contributed by atoms with E-state index in [2.05, 4.69) is 67.8 Å². The van der Waals surface area contributed by atoms with Crippen molar-refractivity contribution in [3.63, 3.8) is 0 Å². The minimum Gasteiger partial charge on any atom is -0.466 e. The number of carbonyl (C=O) groups excluding carboxylic acids is 2. The molecule has 0 aliphatic heterocycles. The molecule has 6 nitrogen and oxygen atoms in total. The third-order valence-corrected chi connectivity index (χ3v) is 16.6. The Morgan fingerprint density at radius 3 is 0.975 bits per heavy atom. The molecule has 0 aromatic rings. The molecule has 2 atom stereocenters. The second kappa shape index (κ2) is 69.3. The zero-order chi connectivity index (χ0) is 57.8. The molecular weight excluding hydrogens is 983 g/mol. The first-order valence-corrected chi connectivity index (χ1v) is 35.9. The highest BCUT2D eigenvalue weighted by molar-refractivity contribution is 5.76. The van der Waals surface area contributed by atoms with E-state index in [1.54, 1.807) is 0 Å². The van der Waals surface area contributed by atoms with Crippen LogP contribution in [-0.2, 0) is 14.3 Å². The fourth-order valence-corrected chi connectivity index (χ4v) is 11.1. The van der Waals surface area contributed by atoms with E-state index in [1.807, 2.05) is 0 Å². The number of aliphatic hydroxyl groups is 2. The van der Waals surface area contributed by atoms with E-state index in [0.29, 0.717) is 25.9 Å². The van der Waals surface area contributed by atoms with E-state index in [0.717, 1.165) is 57.8 Å². The first-order valence-electron chi connectivity index (χ1n) is 35.9. The molecule has 0 fully saturated rings. The van der Waals surface area contributed by atoms with Gasteiger partial charge >= 0.3 is 5.97 Å². The Kier molecular flexibility index (Phi) is 67.4. The molecule has 0 saturated carbocycles. The van der Waals surface area contributed by atoms with Gasteiger partial charge in [0.15, 0.2) is 0 Å². The lowest BCUT2D eigenvalue weighted by Crippen LogP contribution is -2.45. The van der Waals surface area contributed by atoms with E-state index in [9.17, 15) is 19.8 Å². The predicted molar refractivity (Wildman–Crippen MR) is 352 cm³/mol. The van der Waals surface area contributed by atoms with Gasteiger partial charge in [0.2, 0.25) is 5.91 Å². The van der Waals surface area contributed by atoms with Crippen molar-refractivity contribution in [3.8, 4) is 0 Å². The molecular formula is C74H139NO5. The molecule has 470 valence electrons. The Morgan fingerprint density at radius 1 is 0.350 bits per heavy atom. The van der Waals surface area contributed by atoms with Crippen LogP contribution in [0.4, 0.5) is 0 Å². The standard InChI is InChI=1S/C74H139NO5/c1-3-5-7-9-11-13-14-15-16-17-35-39-42-45-48-52-56-60-64-68-74(79)80-69-65-61-57-53-49-46-43-40-37-34-32-30-28-26-24-22-20-18-19-21-23-25-27-29-31-33-36-38-41-44-47-51-55-59-63-67-73(78)75-71(70-76)72(77)66-62-58-54-50-12-10-8-6-4-2/h11,13,15-16,20,22,26,28,71-72,76-77H,3-10,12,14,17-19,21,23-25,27,29-70H2,1-2H3,(H,75,78)/b13-11-,16-15-,22-20-,28-26-. The maximum atomic E-state index is 12.4. The molecule has 3 N–H and O–H groups in total. The van der Waals surface area contributed by atoms with E-state index in [-0.39, 0.29) is 18.5 Å². The molecule has 0 radical (unpaired) electrons. The Morgan fingerprint density at radius 2 is 0.625 bits per heavy atom. The molecule has 0 aliphatic rings. The topological polar surface area (TPSA) is 95.9 Å². The van der Waals surface area contributed by atoms with Gasteiger partial charge in [0.05, 0.1) is 25.4 Å². The number of amides is 1. The van der Waals surface area contributed by atoms with E-state index < -0.39 is 12.1 Å². The van der Waals surface area contributed by atoms with Crippen molar-refractivity contribution >= 4 is 11.9 Å². The summed E-state index contributed by atoms with van der Waals surface area (Å²) in [6.45, 7) is 4.93. The monoisotopic (exact) mass is 1120 g/mol. The molecule has 0 aromatic heterocycles. The van der Waals surface area contributed by atoms with Crippen molar-refractivity contribution in [2.45, 2.75) is 398 Å². The van der Waals surface area contributed by atoms with Crippen molar-refractivity contribution < 1.29 is 24.5 Å². The van der Waals surface area contributed by atoms with Gasteiger partial charge in [-0.2, -0.15) is 0 Å². The second-order valence-electron chi connectivity index (χ2n) is 24.6. The Balaban J connectivity index is 3.34. The van der Waals surface area contributed by atoms with Crippen LogP contribution in [0.15, 0.2) is 48.6 Å². The summed E-state index contributed by atoms with van der Waals surface area (Å²) in [5.41, 5.74) is 0. The highest BCUT2D eigenvalue weighted by atomic mass is 16.5. The third kappa shape index (κ3) is 65.0. The van der Waals surface area contributed by atoms with Gasteiger partial charge in [-0.05, 0) is 89.9 Å². The molecule has 0 heterocycles. The highest BCUT2D eigenvalue weighted by Crippen LogP contribution is 2.18. The molecule has 0 aromatic carbocycles. The number of esters is 1. The van der Waals surface area contributed by atoms with Gasteiger partial charge in [0.1, 0.15) is 0 Å². The van der Waals surface area contributed by atoms with Crippen LogP contribution >= 0.6 is 0 Å². The lowest BCUT2D eigenvalue weighted by Gasteiger charge is -2.22. The van der Waals surface area contributed by atoms with Gasteiger partial charge in [-0.1, -0.05) is 332 Å². The van der Waals surface area contributed by atoms with Gasteiger partial charge in [-0.15, -0.1) is 0 Å². The molecule has 0 bridgehead atoms. The Labute approximate surface area is 499 Å². The van der Waals surface area contributed by atoms with Crippen LogP contribution in [0.5, 0.6) is 0 Å². The Hall–Kier alpha value is -2.18. The van der Waals surface area contributed by atoms with E-state index in [1.165, 1.54) is 295 Å². The van der Waals surface area contributed by atoms with Crippen LogP contribution in [0, 0.1) is 0 Å². The van der Waals surface area contributed by atoms with Crippen LogP contribution in [0.1, 0.15) is 386 Å². The van der Waals surface area contributed by atoms with E-state index in [4.69, 9.17) is 4.74 Å². The molecule has 0 spiro atoms. The summed E-state index contributed by atoms with van der Waals surface area (Å²) in [6.07, 6.45) is 90.4. The van der Waals surface area contributed by atoms with Gasteiger partial charge in [0.25, 0.3) is 0 Å². The van der Waals surface area contributed by atoms with Gasteiger partial charge in [-0.25, -0.2) is 0 Å². The number of rotatable bonds is 67. The number of nitrogens with one attached hydrogen (secondary N) is 1. The van der Waals surface area contributed by atoms with Gasteiger partial charge < -0.3 is 20.3 Å². The second-order valence-corrected chi connectivity index (χ2v) is 24.6. The number of carbonyl (C=O) groups is 2. The lowest BCUT2D eigenvalue weighted by molar-refractivity contribution is -0.143. The summed E-state index contributed by atoms with van der Waals surface area (Å²) >= 11 is 0. The van der Waals surface area contributed by atoms with Crippen molar-refractivity contribution in [1.29, 1.82) is 0 Å². The normalized spacial score (nSPS) is 12.8. The molecule has 1 amide bonds. The van der Waals surface area contributed by atoms with Crippen LogP contribution in [0.3, 0.4) is 0 Å². The van der Waals surface area contributed by atoms with Crippen LogP contribution < -0.4 is 5.32 Å². The third-order valence-electron chi connectivity index (χ3n) is 16.6. The summed E-state index contributed by atoms with van der Waals surface area (Å²) < 4.78 is 5.51. The predicted octanol–water partition coefficient (Wildman–Crippen LogP) is 23.3. The maximum Gasteiger partial charge on any atom is 0.305 e. The molecule has 6 heteroatoms. The molecule has 0 aliphatic carbocycles. The quantitative estimate of drug-likeness (QED) is 0.0320. The first-order chi connectivity index (χ1) is 39.5. The van der Waals surface area contributed by atoms with Crippen molar-refractivity contribution in [1.82, 2.24) is 5.32 Å². The largest absolute Gasteiger partial charge is 0.466 e. The fourth-order valence-electron chi connectivity index (χ4n) is 11.1. The number of allylic oxidation sites excluding steroid dienone is 8. The number of ether oxygens (including phenoxy) is 1. The van der Waals surface area contributed by atoms with Crippen LogP contribution in [0.25, 0.3) is 0 Å². The van der Waals surface area contributed by atoms with Gasteiger partial charge in [0, 0.05) is 12.8 Å². The van der Waals surface area contributed by atoms with Gasteiger partial charge in [-0.3, -0.25) is 9.59 Å². The zero-order valence-electron chi connectivity index (χ0n) is 53.8. The average Bonchev–Trinajstić information content (AvgIpc) is 3.46. The average molecular weight is 1120 g/mol. The number of unbranched alkanes of at least 4 members (excludes halogenated alkanes) is 48. The van der Waals surface area contributed by atoms with E-state index >= 15 is 0 Å². The fraction of sp³-hybridized carbons (Fsp3) is 0.865. The minimum atomic E-state index is -0.660. The van der Waals surface area contributed by atoms with Crippen LogP contribution in [-0.4, -0.2) is 47.4 Å². The Bertz CT molecular complexity index is 1340. The molecule has 80 heavy (non-hydrogen) atoms. The minimum absolute atomic E-state index is 0.0131. The maximum absolute atomic E-state index is 12.4. The van der Waals surface area contributed by atoms with Crippen molar-refractivity contribution in [3.05, 3.63) is 48.6 Å². The SMILES string of the molecule is CCCCC/C=C\C/C=C\CCCCCCCCCCCC(=O)OCCCCCCCCCCCCC/C=C\C/C=C\CCCCCCCCCCCCCCCCCCCC(=O)NC(CO)C(O)CCCCCCCCCCC. The molecule has 2 unspecified atom stereocenters. The highest BCUT2D eigenvalue weighted by Gasteiger charge is 2.20. The van der Waals surface area contributed by atoms with Crippen LogP contribution in [0.2, 0.25) is 0 Å². The zero-order valence-corrected chi connectivity index (χ0v) is 53.8. The summed E-state index contributed by atoms with van der Waals surface area (Å²) in [5, 5.41) is 23.1. The smallest absolute Gasteiger partial charge is 0.305 e. The molecule has 0 rings (SSSR count). The molecule has 0 saturated heterocycles. The summed E-state index contributed by atoms with van der Waals surface area (Å²) in [5.74, 6) is -0.0209. The number of aliphatic hydroxyl groups excluding tert-OH is 2. The summed E-state index contributed by atoms with van der Waals surface area (Å²) in [4.78, 5) is 24.5. The number of hydrogen-bond acceptors (Lipinski definition) is 5. The number of hydrogen-bond donors (Lipinski definition) is 3. The summed E-state index contributed by atoms with van der Waals surface area (Å²) in [6, 6.07) is -0.538.